The van der Waals surface area contributed by atoms with Crippen molar-refractivity contribution in [1.82, 2.24) is 15.8 Å². The van der Waals surface area contributed by atoms with Crippen LogP contribution in [-0.2, 0) is 22.6 Å². The smallest absolute Gasteiger partial charge is 0.269 e. The lowest BCUT2D eigenvalue weighted by molar-refractivity contribution is -0.129. The Hall–Kier alpha value is -3.15. The average Bonchev–Trinajstić information content (AvgIpc) is 3.08. The third-order valence-corrected chi connectivity index (χ3v) is 5.00. The number of carbonyl (C=O) groups excluding carboxylic acids is 3. The summed E-state index contributed by atoms with van der Waals surface area (Å²) in [6.07, 6.45) is 1.05. The molecule has 6 nitrogen and oxygen atoms in total. The standard InChI is InChI=1S/C22H25N3O3/c1-3-16-8-10-18(11-9-16)21(27)23-24-22(28)19-12-20(26)25(14-19)13-17-6-4-15(2)5-7-17/h4-11,19H,3,12-14H2,1-2H3,(H,23,27)(H,24,28). The highest BCUT2D eigenvalue weighted by Gasteiger charge is 2.34. The zero-order chi connectivity index (χ0) is 20.1. The molecule has 146 valence electrons. The van der Waals surface area contributed by atoms with Gasteiger partial charge in [0.1, 0.15) is 0 Å². The molecule has 0 aromatic heterocycles. The summed E-state index contributed by atoms with van der Waals surface area (Å²) in [6.45, 7) is 4.89. The van der Waals surface area contributed by atoms with Crippen LogP contribution in [0.3, 0.4) is 0 Å². The summed E-state index contributed by atoms with van der Waals surface area (Å²) in [5, 5.41) is 0. The number of nitrogens with zero attached hydrogens (tertiary/aromatic N) is 1. The minimum Gasteiger partial charge on any atom is -0.338 e. The summed E-state index contributed by atoms with van der Waals surface area (Å²) >= 11 is 0. The van der Waals surface area contributed by atoms with Gasteiger partial charge in [-0.1, -0.05) is 48.9 Å². The second-order valence-electron chi connectivity index (χ2n) is 7.15. The number of rotatable bonds is 5. The third kappa shape index (κ3) is 4.76. The van der Waals surface area contributed by atoms with Crippen molar-refractivity contribution < 1.29 is 14.4 Å². The van der Waals surface area contributed by atoms with E-state index in [1.165, 1.54) is 0 Å². The molecule has 1 heterocycles. The van der Waals surface area contributed by atoms with Crippen molar-refractivity contribution in [2.24, 2.45) is 5.92 Å². The zero-order valence-electron chi connectivity index (χ0n) is 16.2. The summed E-state index contributed by atoms with van der Waals surface area (Å²) in [7, 11) is 0. The molecule has 0 bridgehead atoms. The van der Waals surface area contributed by atoms with Gasteiger partial charge in [-0.15, -0.1) is 0 Å². The number of aryl methyl sites for hydroxylation is 2. The molecule has 1 aliphatic rings. The van der Waals surface area contributed by atoms with Gasteiger partial charge in [0.2, 0.25) is 11.8 Å². The minimum absolute atomic E-state index is 0.0535. The highest BCUT2D eigenvalue weighted by molar-refractivity contribution is 5.96. The van der Waals surface area contributed by atoms with Gasteiger partial charge in [-0.25, -0.2) is 0 Å². The number of carbonyl (C=O) groups is 3. The number of hydrogen-bond donors (Lipinski definition) is 2. The Morgan fingerprint density at radius 1 is 1.00 bits per heavy atom. The molecule has 1 fully saturated rings. The van der Waals surface area contributed by atoms with Crippen molar-refractivity contribution in [2.45, 2.75) is 33.2 Å². The van der Waals surface area contributed by atoms with E-state index in [2.05, 4.69) is 10.9 Å². The third-order valence-electron chi connectivity index (χ3n) is 5.00. The normalized spacial score (nSPS) is 16.1. The first-order valence-corrected chi connectivity index (χ1v) is 9.48. The van der Waals surface area contributed by atoms with Crippen molar-refractivity contribution in [3.05, 3.63) is 70.8 Å². The van der Waals surface area contributed by atoms with Gasteiger partial charge in [-0.3, -0.25) is 25.2 Å². The van der Waals surface area contributed by atoms with Crippen LogP contribution in [0.15, 0.2) is 48.5 Å². The molecule has 3 rings (SSSR count). The minimum atomic E-state index is -0.472. The summed E-state index contributed by atoms with van der Waals surface area (Å²) < 4.78 is 0. The second-order valence-corrected chi connectivity index (χ2v) is 7.15. The summed E-state index contributed by atoms with van der Waals surface area (Å²) in [5.74, 6) is -1.25. The number of nitrogens with one attached hydrogen (secondary N) is 2. The molecule has 0 aliphatic carbocycles. The molecular formula is C22H25N3O3. The lowest BCUT2D eigenvalue weighted by Gasteiger charge is -2.17. The van der Waals surface area contributed by atoms with Crippen molar-refractivity contribution >= 4 is 17.7 Å². The first-order valence-electron chi connectivity index (χ1n) is 9.48. The van der Waals surface area contributed by atoms with E-state index in [4.69, 9.17) is 0 Å². The largest absolute Gasteiger partial charge is 0.338 e. The van der Waals surface area contributed by atoms with Crippen LogP contribution in [0.25, 0.3) is 0 Å². The molecule has 2 aromatic carbocycles. The van der Waals surface area contributed by atoms with Crippen LogP contribution in [-0.4, -0.2) is 29.2 Å². The lowest BCUT2D eigenvalue weighted by atomic mass is 10.1. The van der Waals surface area contributed by atoms with E-state index < -0.39 is 5.92 Å². The highest BCUT2D eigenvalue weighted by Crippen LogP contribution is 2.20. The highest BCUT2D eigenvalue weighted by atomic mass is 16.2. The van der Waals surface area contributed by atoms with E-state index in [0.29, 0.717) is 18.7 Å². The average molecular weight is 379 g/mol. The van der Waals surface area contributed by atoms with Gasteiger partial charge in [0.15, 0.2) is 0 Å². The number of amides is 3. The first kappa shape index (κ1) is 19.6. The topological polar surface area (TPSA) is 78.5 Å². The van der Waals surface area contributed by atoms with E-state index in [-0.39, 0.29) is 24.1 Å². The van der Waals surface area contributed by atoms with Gasteiger partial charge in [-0.05, 0) is 36.6 Å². The first-order chi connectivity index (χ1) is 13.5. The number of benzene rings is 2. The summed E-state index contributed by atoms with van der Waals surface area (Å²) in [6, 6.07) is 15.2. The van der Waals surface area contributed by atoms with Gasteiger partial charge < -0.3 is 4.90 Å². The van der Waals surface area contributed by atoms with Crippen LogP contribution in [0.1, 0.15) is 40.4 Å². The number of hydrogen-bond acceptors (Lipinski definition) is 3. The predicted octanol–water partition coefficient (Wildman–Crippen LogP) is 2.37. The van der Waals surface area contributed by atoms with Crippen molar-refractivity contribution in [2.75, 3.05) is 6.54 Å². The Bertz CT molecular complexity index is 860. The maximum Gasteiger partial charge on any atom is 0.269 e. The fraction of sp³-hybridized carbons (Fsp3) is 0.318. The van der Waals surface area contributed by atoms with Gasteiger partial charge in [0.25, 0.3) is 5.91 Å². The molecule has 0 spiro atoms. The number of likely N-dealkylation sites (tertiary alicyclic amines) is 1. The fourth-order valence-corrected chi connectivity index (χ4v) is 3.20. The quantitative estimate of drug-likeness (QED) is 0.783. The summed E-state index contributed by atoms with van der Waals surface area (Å²) in [4.78, 5) is 38.4. The monoisotopic (exact) mass is 379 g/mol. The molecule has 0 saturated carbocycles. The molecule has 6 heteroatoms. The molecule has 1 atom stereocenters. The Morgan fingerprint density at radius 2 is 1.64 bits per heavy atom. The molecular weight excluding hydrogens is 354 g/mol. The van der Waals surface area contributed by atoms with Gasteiger partial charge in [0, 0.05) is 25.1 Å². The van der Waals surface area contributed by atoms with Crippen molar-refractivity contribution in [1.29, 1.82) is 0 Å². The van der Waals surface area contributed by atoms with Gasteiger partial charge in [0.05, 0.1) is 5.92 Å². The molecule has 1 saturated heterocycles. The molecule has 0 radical (unpaired) electrons. The fourth-order valence-electron chi connectivity index (χ4n) is 3.20. The maximum atomic E-state index is 12.4. The van der Waals surface area contributed by atoms with Gasteiger partial charge >= 0.3 is 0 Å². The van der Waals surface area contributed by atoms with Crippen molar-refractivity contribution in [3.63, 3.8) is 0 Å². The molecule has 1 unspecified atom stereocenters. The Morgan fingerprint density at radius 3 is 2.29 bits per heavy atom. The Kier molecular flexibility index (Phi) is 6.09. The zero-order valence-corrected chi connectivity index (χ0v) is 16.2. The number of hydrazine groups is 1. The Balaban J connectivity index is 1.51. The van der Waals surface area contributed by atoms with Crippen LogP contribution in [0.4, 0.5) is 0 Å². The molecule has 1 aliphatic heterocycles. The predicted molar refractivity (Wildman–Crippen MR) is 106 cm³/mol. The van der Waals surface area contributed by atoms with Crippen LogP contribution >= 0.6 is 0 Å². The van der Waals surface area contributed by atoms with E-state index in [9.17, 15) is 14.4 Å². The van der Waals surface area contributed by atoms with Crippen molar-refractivity contribution in [3.8, 4) is 0 Å². The van der Waals surface area contributed by atoms with E-state index in [1.54, 1.807) is 17.0 Å². The van der Waals surface area contributed by atoms with Crippen LogP contribution in [0.2, 0.25) is 0 Å². The lowest BCUT2D eigenvalue weighted by Crippen LogP contribution is -2.45. The summed E-state index contributed by atoms with van der Waals surface area (Å²) in [5.41, 5.74) is 8.68. The van der Waals surface area contributed by atoms with E-state index in [0.717, 1.165) is 23.1 Å². The van der Waals surface area contributed by atoms with Gasteiger partial charge in [-0.2, -0.15) is 0 Å². The molecule has 3 amide bonds. The van der Waals surface area contributed by atoms with Crippen LogP contribution < -0.4 is 10.9 Å². The molecule has 2 aromatic rings. The van der Waals surface area contributed by atoms with E-state index in [1.807, 2.05) is 50.2 Å². The SMILES string of the molecule is CCc1ccc(C(=O)NNC(=O)C2CC(=O)N(Cc3ccc(C)cc3)C2)cc1. The molecule has 2 N–H and O–H groups in total. The maximum absolute atomic E-state index is 12.4. The molecule has 28 heavy (non-hydrogen) atoms. The van der Waals surface area contributed by atoms with Crippen LogP contribution in [0.5, 0.6) is 0 Å². The van der Waals surface area contributed by atoms with E-state index >= 15 is 0 Å². The Labute approximate surface area is 164 Å². The second kappa shape index (κ2) is 8.69. The van der Waals surface area contributed by atoms with Crippen LogP contribution in [0, 0.1) is 12.8 Å².